The molecular formula is C16H14FN3OS. The van der Waals surface area contributed by atoms with Crippen LogP contribution >= 0.6 is 11.3 Å². The molecule has 0 radical (unpaired) electrons. The molecule has 112 valence electrons. The molecule has 1 amide bonds. The molecule has 0 spiro atoms. The molecule has 0 saturated heterocycles. The zero-order valence-electron chi connectivity index (χ0n) is 11.8. The van der Waals surface area contributed by atoms with E-state index in [0.717, 1.165) is 4.88 Å². The standard InChI is InChI=1S/C16H14FN3OS/c1-10(14-3-2-8-22-14)19-16(21)13-9-18-20-15(13)11-4-6-12(17)7-5-11/h2-10H,1H3,(H,18,20)(H,19,21). The highest BCUT2D eigenvalue weighted by molar-refractivity contribution is 7.10. The number of halogens is 1. The third-order valence-corrected chi connectivity index (χ3v) is 4.39. The Morgan fingerprint density at radius 3 is 2.77 bits per heavy atom. The van der Waals surface area contributed by atoms with Crippen LogP contribution in [0.15, 0.2) is 48.0 Å². The first-order valence-corrected chi connectivity index (χ1v) is 7.66. The number of nitrogens with zero attached hydrogens (tertiary/aromatic N) is 1. The molecule has 0 aliphatic rings. The van der Waals surface area contributed by atoms with Crippen molar-refractivity contribution in [3.8, 4) is 11.3 Å². The maximum Gasteiger partial charge on any atom is 0.255 e. The SMILES string of the molecule is CC(NC(=O)c1cn[nH]c1-c1ccc(F)cc1)c1cccs1. The molecule has 2 heterocycles. The molecule has 0 saturated carbocycles. The summed E-state index contributed by atoms with van der Waals surface area (Å²) in [5, 5.41) is 11.7. The summed E-state index contributed by atoms with van der Waals surface area (Å²) in [4.78, 5) is 13.5. The second kappa shape index (κ2) is 6.11. The molecule has 1 aromatic carbocycles. The Balaban J connectivity index is 1.82. The lowest BCUT2D eigenvalue weighted by Gasteiger charge is -2.12. The van der Waals surface area contributed by atoms with Crippen LogP contribution in [0, 0.1) is 5.82 Å². The van der Waals surface area contributed by atoms with Crippen LogP contribution in [-0.2, 0) is 0 Å². The monoisotopic (exact) mass is 315 g/mol. The molecule has 1 unspecified atom stereocenters. The van der Waals surface area contributed by atoms with Crippen LogP contribution in [0.25, 0.3) is 11.3 Å². The van der Waals surface area contributed by atoms with Crippen molar-refractivity contribution in [1.82, 2.24) is 15.5 Å². The summed E-state index contributed by atoms with van der Waals surface area (Å²) in [7, 11) is 0. The highest BCUT2D eigenvalue weighted by Crippen LogP contribution is 2.23. The predicted octanol–water partition coefficient (Wildman–Crippen LogP) is 3.77. The summed E-state index contributed by atoms with van der Waals surface area (Å²) in [6, 6.07) is 9.78. The maximum atomic E-state index is 13.0. The third kappa shape index (κ3) is 2.92. The summed E-state index contributed by atoms with van der Waals surface area (Å²) in [6.07, 6.45) is 1.48. The zero-order chi connectivity index (χ0) is 15.5. The van der Waals surface area contributed by atoms with Crippen LogP contribution < -0.4 is 5.32 Å². The summed E-state index contributed by atoms with van der Waals surface area (Å²) in [5.74, 6) is -0.533. The van der Waals surface area contributed by atoms with E-state index < -0.39 is 0 Å². The van der Waals surface area contributed by atoms with Crippen molar-refractivity contribution < 1.29 is 9.18 Å². The Hall–Kier alpha value is -2.47. The van der Waals surface area contributed by atoms with Crippen LogP contribution in [0.2, 0.25) is 0 Å². The quantitative estimate of drug-likeness (QED) is 0.770. The van der Waals surface area contributed by atoms with Gasteiger partial charge >= 0.3 is 0 Å². The number of carbonyl (C=O) groups excluding carboxylic acids is 1. The molecule has 0 bridgehead atoms. The number of thiophene rings is 1. The van der Waals surface area contributed by atoms with Crippen molar-refractivity contribution >= 4 is 17.2 Å². The van der Waals surface area contributed by atoms with Crippen LogP contribution in [0.4, 0.5) is 4.39 Å². The normalized spacial score (nSPS) is 12.1. The fraction of sp³-hybridized carbons (Fsp3) is 0.125. The highest BCUT2D eigenvalue weighted by atomic mass is 32.1. The van der Waals surface area contributed by atoms with Gasteiger partial charge < -0.3 is 5.32 Å². The maximum absolute atomic E-state index is 13.0. The second-order valence-corrected chi connectivity index (χ2v) is 5.86. The zero-order valence-corrected chi connectivity index (χ0v) is 12.7. The number of carbonyl (C=O) groups is 1. The van der Waals surface area contributed by atoms with Crippen molar-refractivity contribution in [2.45, 2.75) is 13.0 Å². The van der Waals surface area contributed by atoms with Gasteiger partial charge in [0.1, 0.15) is 5.82 Å². The molecular weight excluding hydrogens is 301 g/mol. The van der Waals surface area contributed by atoms with Crippen molar-refractivity contribution in [2.24, 2.45) is 0 Å². The number of benzene rings is 1. The summed E-state index contributed by atoms with van der Waals surface area (Å²) in [6.45, 7) is 1.93. The van der Waals surface area contributed by atoms with E-state index in [9.17, 15) is 9.18 Å². The topological polar surface area (TPSA) is 57.8 Å². The van der Waals surface area contributed by atoms with E-state index in [4.69, 9.17) is 0 Å². The van der Waals surface area contributed by atoms with E-state index in [1.165, 1.54) is 18.3 Å². The molecule has 3 rings (SSSR count). The molecule has 1 atom stereocenters. The Morgan fingerprint density at radius 1 is 1.32 bits per heavy atom. The predicted molar refractivity (Wildman–Crippen MR) is 84.2 cm³/mol. The Morgan fingerprint density at radius 2 is 2.09 bits per heavy atom. The lowest BCUT2D eigenvalue weighted by atomic mass is 10.1. The number of H-pyrrole nitrogens is 1. The fourth-order valence-corrected chi connectivity index (χ4v) is 2.91. The Bertz CT molecular complexity index is 765. The average Bonchev–Trinajstić information content (AvgIpc) is 3.19. The number of nitrogens with one attached hydrogen (secondary N) is 2. The van der Waals surface area contributed by atoms with Gasteiger partial charge in [-0.2, -0.15) is 5.10 Å². The van der Waals surface area contributed by atoms with Crippen LogP contribution in [0.1, 0.15) is 28.2 Å². The van der Waals surface area contributed by atoms with Gasteiger partial charge in [-0.25, -0.2) is 4.39 Å². The second-order valence-electron chi connectivity index (χ2n) is 4.88. The number of hydrogen-bond donors (Lipinski definition) is 2. The van der Waals surface area contributed by atoms with Crippen molar-refractivity contribution in [1.29, 1.82) is 0 Å². The lowest BCUT2D eigenvalue weighted by Crippen LogP contribution is -2.26. The van der Waals surface area contributed by atoms with Crippen LogP contribution in [0.5, 0.6) is 0 Å². The molecule has 4 nitrogen and oxygen atoms in total. The van der Waals surface area contributed by atoms with Gasteiger partial charge in [-0.15, -0.1) is 11.3 Å². The van der Waals surface area contributed by atoms with E-state index >= 15 is 0 Å². The lowest BCUT2D eigenvalue weighted by molar-refractivity contribution is 0.0941. The molecule has 22 heavy (non-hydrogen) atoms. The van der Waals surface area contributed by atoms with E-state index in [-0.39, 0.29) is 17.8 Å². The number of amides is 1. The summed E-state index contributed by atoms with van der Waals surface area (Å²) < 4.78 is 13.0. The van der Waals surface area contributed by atoms with Gasteiger partial charge in [0.05, 0.1) is 23.5 Å². The van der Waals surface area contributed by atoms with Gasteiger partial charge in [-0.3, -0.25) is 9.89 Å². The van der Waals surface area contributed by atoms with Crippen molar-refractivity contribution in [3.05, 3.63) is 64.2 Å². The van der Waals surface area contributed by atoms with Crippen molar-refractivity contribution in [2.75, 3.05) is 0 Å². The average molecular weight is 315 g/mol. The van der Waals surface area contributed by atoms with Gasteiger partial charge in [-0.1, -0.05) is 6.07 Å². The summed E-state index contributed by atoms with van der Waals surface area (Å²) >= 11 is 1.59. The number of aromatic nitrogens is 2. The van der Waals surface area contributed by atoms with Gasteiger partial charge in [-0.05, 0) is 42.6 Å². The molecule has 2 N–H and O–H groups in total. The largest absolute Gasteiger partial charge is 0.345 e. The minimum atomic E-state index is -0.319. The minimum Gasteiger partial charge on any atom is -0.345 e. The minimum absolute atomic E-state index is 0.0801. The number of aromatic amines is 1. The fourth-order valence-electron chi connectivity index (χ4n) is 2.18. The summed E-state index contributed by atoms with van der Waals surface area (Å²) in [5.41, 5.74) is 1.73. The molecule has 6 heteroatoms. The first-order valence-electron chi connectivity index (χ1n) is 6.78. The number of rotatable bonds is 4. The highest BCUT2D eigenvalue weighted by Gasteiger charge is 2.18. The first-order chi connectivity index (χ1) is 10.6. The number of hydrogen-bond acceptors (Lipinski definition) is 3. The molecule has 0 fully saturated rings. The van der Waals surface area contributed by atoms with Crippen molar-refractivity contribution in [3.63, 3.8) is 0 Å². The molecule has 0 aliphatic carbocycles. The Kier molecular flexibility index (Phi) is 4.02. The van der Waals surface area contributed by atoms with E-state index in [2.05, 4.69) is 15.5 Å². The smallest absolute Gasteiger partial charge is 0.255 e. The molecule has 0 aliphatic heterocycles. The van der Waals surface area contributed by atoms with Gasteiger partial charge in [0.25, 0.3) is 5.91 Å². The van der Waals surface area contributed by atoms with Gasteiger partial charge in [0.2, 0.25) is 0 Å². The van der Waals surface area contributed by atoms with Gasteiger partial charge in [0, 0.05) is 10.4 Å². The van der Waals surface area contributed by atoms with Crippen LogP contribution in [0.3, 0.4) is 0 Å². The van der Waals surface area contributed by atoms with E-state index in [0.29, 0.717) is 16.8 Å². The Labute approximate surface area is 131 Å². The molecule has 2 aromatic heterocycles. The first kappa shape index (κ1) is 14.5. The van der Waals surface area contributed by atoms with E-state index in [1.54, 1.807) is 23.5 Å². The molecule has 3 aromatic rings. The third-order valence-electron chi connectivity index (χ3n) is 3.33. The van der Waals surface area contributed by atoms with Crippen LogP contribution in [-0.4, -0.2) is 16.1 Å². The van der Waals surface area contributed by atoms with E-state index in [1.807, 2.05) is 24.4 Å². The van der Waals surface area contributed by atoms with Gasteiger partial charge in [0.15, 0.2) is 0 Å².